The number of ketones is 1. The Hall–Kier alpha value is -1.41. The van der Waals surface area contributed by atoms with Gasteiger partial charge in [-0.15, -0.1) is 11.3 Å². The van der Waals surface area contributed by atoms with Crippen LogP contribution in [0.15, 0.2) is 36.4 Å². The van der Waals surface area contributed by atoms with E-state index in [-0.39, 0.29) is 11.3 Å². The molecule has 104 valence electrons. The van der Waals surface area contributed by atoms with Gasteiger partial charge in [0.25, 0.3) is 0 Å². The van der Waals surface area contributed by atoms with Crippen LogP contribution in [0.1, 0.15) is 46.4 Å². The molecule has 0 unspecified atom stereocenters. The van der Waals surface area contributed by atoms with Crippen molar-refractivity contribution in [3.8, 4) is 0 Å². The highest BCUT2D eigenvalue weighted by Gasteiger charge is 2.29. The van der Waals surface area contributed by atoms with Crippen molar-refractivity contribution in [3.63, 3.8) is 0 Å². The van der Waals surface area contributed by atoms with Crippen LogP contribution in [-0.4, -0.2) is 5.78 Å². The van der Waals surface area contributed by atoms with E-state index >= 15 is 0 Å². The van der Waals surface area contributed by atoms with E-state index in [9.17, 15) is 4.79 Å². The first kappa shape index (κ1) is 13.6. The number of Topliss-reactive ketones (excluding diaryl/α,β-unsaturated/α-hetero) is 1. The third kappa shape index (κ3) is 2.45. The predicted molar refractivity (Wildman–Crippen MR) is 84.7 cm³/mol. The number of benzene rings is 1. The van der Waals surface area contributed by atoms with Crippen molar-refractivity contribution in [3.05, 3.63) is 57.3 Å². The molecular formula is C18H20OS. The minimum Gasteiger partial charge on any atom is -0.293 e. The van der Waals surface area contributed by atoms with Crippen LogP contribution >= 0.6 is 11.3 Å². The number of thiophene rings is 1. The minimum atomic E-state index is 0.127. The second kappa shape index (κ2) is 4.85. The molecule has 0 atom stereocenters. The Bertz CT molecular complexity index is 620. The van der Waals surface area contributed by atoms with Crippen LogP contribution in [0.3, 0.4) is 0 Å². The van der Waals surface area contributed by atoms with Crippen molar-refractivity contribution in [2.45, 2.75) is 39.0 Å². The van der Waals surface area contributed by atoms with Gasteiger partial charge in [0.1, 0.15) is 0 Å². The van der Waals surface area contributed by atoms with Gasteiger partial charge in [-0.25, -0.2) is 0 Å². The van der Waals surface area contributed by atoms with Crippen LogP contribution in [0.2, 0.25) is 0 Å². The zero-order valence-electron chi connectivity index (χ0n) is 12.3. The quantitative estimate of drug-likeness (QED) is 0.734. The average Bonchev–Trinajstić information content (AvgIpc) is 3.04. The summed E-state index contributed by atoms with van der Waals surface area (Å²) in [7, 11) is 0. The van der Waals surface area contributed by atoms with E-state index in [0.717, 1.165) is 17.7 Å². The Morgan fingerprint density at radius 1 is 1.05 bits per heavy atom. The summed E-state index contributed by atoms with van der Waals surface area (Å²) >= 11 is 1.66. The number of rotatable bonds is 2. The van der Waals surface area contributed by atoms with Crippen molar-refractivity contribution in [2.24, 2.45) is 5.92 Å². The molecule has 3 rings (SSSR count). The first-order valence-electron chi connectivity index (χ1n) is 7.16. The molecule has 0 N–H and O–H groups in total. The largest absolute Gasteiger partial charge is 0.293 e. The predicted octanol–water partition coefficient (Wildman–Crippen LogP) is 4.64. The van der Waals surface area contributed by atoms with Crippen LogP contribution in [0.5, 0.6) is 0 Å². The van der Waals surface area contributed by atoms with E-state index in [1.165, 1.54) is 16.0 Å². The Labute approximate surface area is 124 Å². The molecule has 2 aromatic rings. The fraction of sp³-hybridized carbons (Fsp3) is 0.389. The number of carbonyl (C=O) groups is 1. The van der Waals surface area contributed by atoms with Gasteiger partial charge in [0.15, 0.2) is 5.78 Å². The van der Waals surface area contributed by atoms with Gasteiger partial charge in [-0.05, 0) is 41.5 Å². The molecule has 0 fully saturated rings. The SMILES string of the molecule is CC(C)(C)c1ccc(C(=O)C2Cc3ccccc3C2)s1. The molecule has 1 aliphatic rings. The Morgan fingerprint density at radius 2 is 1.65 bits per heavy atom. The standard InChI is InChI=1S/C18H20OS/c1-18(2,3)16-9-8-15(20-16)17(19)14-10-12-6-4-5-7-13(12)11-14/h4-9,14H,10-11H2,1-3H3. The molecule has 1 aliphatic carbocycles. The third-order valence-electron chi connectivity index (χ3n) is 4.01. The van der Waals surface area contributed by atoms with Gasteiger partial charge >= 0.3 is 0 Å². The van der Waals surface area contributed by atoms with Crippen molar-refractivity contribution in [1.82, 2.24) is 0 Å². The average molecular weight is 284 g/mol. The second-order valence-electron chi connectivity index (χ2n) is 6.65. The molecule has 0 amide bonds. The van der Waals surface area contributed by atoms with Crippen molar-refractivity contribution in [1.29, 1.82) is 0 Å². The summed E-state index contributed by atoms with van der Waals surface area (Å²) in [5.74, 6) is 0.459. The minimum absolute atomic E-state index is 0.127. The number of hydrogen-bond acceptors (Lipinski definition) is 2. The van der Waals surface area contributed by atoms with E-state index in [2.05, 4.69) is 51.1 Å². The van der Waals surface area contributed by atoms with E-state index < -0.39 is 0 Å². The Morgan fingerprint density at radius 3 is 2.15 bits per heavy atom. The smallest absolute Gasteiger partial charge is 0.176 e. The normalized spacial score (nSPS) is 15.3. The number of fused-ring (bicyclic) bond motifs is 1. The lowest BCUT2D eigenvalue weighted by atomic mass is 9.95. The molecule has 2 heteroatoms. The van der Waals surface area contributed by atoms with E-state index in [1.54, 1.807) is 11.3 Å². The highest BCUT2D eigenvalue weighted by atomic mass is 32.1. The summed E-state index contributed by atoms with van der Waals surface area (Å²) in [6, 6.07) is 12.6. The number of hydrogen-bond donors (Lipinski definition) is 0. The van der Waals surface area contributed by atoms with E-state index in [0.29, 0.717) is 5.78 Å². The molecule has 20 heavy (non-hydrogen) atoms. The van der Waals surface area contributed by atoms with Gasteiger partial charge in [-0.3, -0.25) is 4.79 Å². The Balaban J connectivity index is 1.80. The van der Waals surface area contributed by atoms with Crippen molar-refractivity contribution in [2.75, 3.05) is 0 Å². The summed E-state index contributed by atoms with van der Waals surface area (Å²) in [5, 5.41) is 0. The van der Waals surface area contributed by atoms with E-state index in [4.69, 9.17) is 0 Å². The Kier molecular flexibility index (Phi) is 3.29. The molecule has 1 nitrogen and oxygen atoms in total. The van der Waals surface area contributed by atoms with Crippen LogP contribution < -0.4 is 0 Å². The summed E-state index contributed by atoms with van der Waals surface area (Å²) in [6.07, 6.45) is 1.80. The van der Waals surface area contributed by atoms with Crippen molar-refractivity contribution >= 4 is 17.1 Å². The molecule has 0 bridgehead atoms. The fourth-order valence-corrected chi connectivity index (χ4v) is 3.90. The highest BCUT2D eigenvalue weighted by molar-refractivity contribution is 7.14. The molecular weight excluding hydrogens is 264 g/mol. The van der Waals surface area contributed by atoms with Gasteiger partial charge in [0.2, 0.25) is 0 Å². The molecule has 0 radical (unpaired) electrons. The molecule has 0 saturated heterocycles. The van der Waals surface area contributed by atoms with Gasteiger partial charge in [-0.1, -0.05) is 45.0 Å². The van der Waals surface area contributed by atoms with Crippen LogP contribution in [0.25, 0.3) is 0 Å². The zero-order valence-corrected chi connectivity index (χ0v) is 13.1. The van der Waals surface area contributed by atoms with Crippen LogP contribution in [0, 0.1) is 5.92 Å². The third-order valence-corrected chi connectivity index (χ3v) is 5.54. The summed E-state index contributed by atoms with van der Waals surface area (Å²) in [6.45, 7) is 6.58. The lowest BCUT2D eigenvalue weighted by Crippen LogP contribution is -2.13. The van der Waals surface area contributed by atoms with Gasteiger partial charge in [-0.2, -0.15) is 0 Å². The summed E-state index contributed by atoms with van der Waals surface area (Å²) in [5.41, 5.74) is 2.82. The highest BCUT2D eigenvalue weighted by Crippen LogP contribution is 2.34. The second-order valence-corrected chi connectivity index (χ2v) is 7.74. The number of carbonyl (C=O) groups excluding carboxylic acids is 1. The zero-order chi connectivity index (χ0) is 14.3. The maximum Gasteiger partial charge on any atom is 0.176 e. The molecule has 1 aromatic carbocycles. The molecule has 0 aliphatic heterocycles. The lowest BCUT2D eigenvalue weighted by Gasteiger charge is -2.15. The van der Waals surface area contributed by atoms with Crippen molar-refractivity contribution < 1.29 is 4.79 Å². The van der Waals surface area contributed by atoms with E-state index in [1.807, 2.05) is 6.07 Å². The van der Waals surface area contributed by atoms with Gasteiger partial charge in [0, 0.05) is 10.8 Å². The topological polar surface area (TPSA) is 17.1 Å². The summed E-state index contributed by atoms with van der Waals surface area (Å²) in [4.78, 5) is 14.9. The molecule has 1 heterocycles. The van der Waals surface area contributed by atoms with Crippen LogP contribution in [0.4, 0.5) is 0 Å². The van der Waals surface area contributed by atoms with Gasteiger partial charge in [0.05, 0.1) is 4.88 Å². The maximum absolute atomic E-state index is 12.7. The molecule has 1 aromatic heterocycles. The van der Waals surface area contributed by atoms with Gasteiger partial charge < -0.3 is 0 Å². The summed E-state index contributed by atoms with van der Waals surface area (Å²) < 4.78 is 0. The first-order valence-corrected chi connectivity index (χ1v) is 7.98. The monoisotopic (exact) mass is 284 g/mol. The fourth-order valence-electron chi connectivity index (χ4n) is 2.82. The van der Waals surface area contributed by atoms with Crippen LogP contribution in [-0.2, 0) is 18.3 Å². The maximum atomic E-state index is 12.7. The lowest BCUT2D eigenvalue weighted by molar-refractivity contribution is 0.0929. The molecule has 0 saturated carbocycles. The first-order chi connectivity index (χ1) is 9.45. The molecule has 0 spiro atoms.